The number of hydrogen-bond acceptors (Lipinski definition) is 4. The van der Waals surface area contributed by atoms with Gasteiger partial charge in [-0.1, -0.05) is 41.9 Å². The van der Waals surface area contributed by atoms with Crippen LogP contribution in [-0.4, -0.2) is 56.7 Å². The highest BCUT2D eigenvalue weighted by atomic mass is 35.5. The Hall–Kier alpha value is -1.40. The lowest BCUT2D eigenvalue weighted by atomic mass is 10.2. The van der Waals surface area contributed by atoms with E-state index in [-0.39, 0.29) is 5.75 Å². The third kappa shape index (κ3) is 5.28. The van der Waals surface area contributed by atoms with Gasteiger partial charge in [-0.3, -0.25) is 9.80 Å². The number of halogens is 1. The Morgan fingerprint density at radius 1 is 0.840 bits per heavy atom. The molecule has 0 bridgehead atoms. The van der Waals surface area contributed by atoms with E-state index < -0.39 is 9.84 Å². The van der Waals surface area contributed by atoms with Crippen LogP contribution in [0.15, 0.2) is 59.5 Å². The fraction of sp³-hybridized carbons (Fsp3) is 0.368. The molecule has 0 N–H and O–H groups in total. The highest BCUT2D eigenvalue weighted by Crippen LogP contribution is 2.14. The first kappa shape index (κ1) is 18.4. The van der Waals surface area contributed by atoms with Crippen molar-refractivity contribution < 1.29 is 8.42 Å². The SMILES string of the molecule is O=S(=O)(CCN1CCN(Cc2ccc(Cl)cc2)CC1)c1ccccc1. The molecule has 4 nitrogen and oxygen atoms in total. The van der Waals surface area contributed by atoms with Gasteiger partial charge in [-0.15, -0.1) is 0 Å². The van der Waals surface area contributed by atoms with Gasteiger partial charge in [-0.05, 0) is 29.8 Å². The van der Waals surface area contributed by atoms with Crippen molar-refractivity contribution in [3.8, 4) is 0 Å². The Labute approximate surface area is 154 Å². The molecule has 1 aliphatic rings. The molecule has 25 heavy (non-hydrogen) atoms. The van der Waals surface area contributed by atoms with Crippen molar-refractivity contribution in [3.05, 3.63) is 65.2 Å². The first-order valence-electron chi connectivity index (χ1n) is 8.50. The molecule has 0 aromatic heterocycles. The van der Waals surface area contributed by atoms with Crippen molar-refractivity contribution in [1.82, 2.24) is 9.80 Å². The maximum absolute atomic E-state index is 12.4. The molecule has 0 radical (unpaired) electrons. The molecule has 1 heterocycles. The molecule has 2 aromatic carbocycles. The predicted octanol–water partition coefficient (Wildman–Crippen LogP) is 2.93. The number of rotatable bonds is 6. The monoisotopic (exact) mass is 378 g/mol. The molecule has 0 atom stereocenters. The average molecular weight is 379 g/mol. The summed E-state index contributed by atoms with van der Waals surface area (Å²) in [6.45, 7) is 5.21. The number of hydrogen-bond donors (Lipinski definition) is 0. The topological polar surface area (TPSA) is 40.6 Å². The van der Waals surface area contributed by atoms with E-state index in [4.69, 9.17) is 11.6 Å². The van der Waals surface area contributed by atoms with Crippen LogP contribution < -0.4 is 0 Å². The van der Waals surface area contributed by atoms with Gasteiger partial charge in [0, 0.05) is 44.3 Å². The minimum absolute atomic E-state index is 0.175. The summed E-state index contributed by atoms with van der Waals surface area (Å²) in [7, 11) is -3.19. The largest absolute Gasteiger partial charge is 0.300 e. The van der Waals surface area contributed by atoms with E-state index in [1.807, 2.05) is 18.2 Å². The second kappa shape index (κ2) is 8.32. The van der Waals surface area contributed by atoms with Gasteiger partial charge in [0.1, 0.15) is 0 Å². The molecule has 3 rings (SSSR count). The summed E-state index contributed by atoms with van der Waals surface area (Å²) < 4.78 is 24.7. The molecule has 0 saturated carbocycles. The Kier molecular flexibility index (Phi) is 6.12. The van der Waals surface area contributed by atoms with Crippen LogP contribution in [0.2, 0.25) is 5.02 Å². The highest BCUT2D eigenvalue weighted by Gasteiger charge is 2.20. The van der Waals surface area contributed by atoms with Crippen molar-refractivity contribution in [2.24, 2.45) is 0 Å². The third-order valence-corrected chi connectivity index (χ3v) is 6.53. The van der Waals surface area contributed by atoms with Crippen LogP contribution in [0.4, 0.5) is 0 Å². The lowest BCUT2D eigenvalue weighted by Gasteiger charge is -2.34. The number of sulfone groups is 1. The molecule has 1 aliphatic heterocycles. The zero-order valence-electron chi connectivity index (χ0n) is 14.1. The van der Waals surface area contributed by atoms with Gasteiger partial charge in [0.05, 0.1) is 10.6 Å². The molecule has 0 unspecified atom stereocenters. The number of benzene rings is 2. The van der Waals surface area contributed by atoms with Crippen LogP contribution in [0.3, 0.4) is 0 Å². The van der Waals surface area contributed by atoms with Crippen molar-refractivity contribution >= 4 is 21.4 Å². The minimum atomic E-state index is -3.19. The van der Waals surface area contributed by atoms with Gasteiger partial charge >= 0.3 is 0 Å². The lowest BCUT2D eigenvalue weighted by Crippen LogP contribution is -2.47. The molecule has 134 valence electrons. The van der Waals surface area contributed by atoms with Gasteiger partial charge < -0.3 is 0 Å². The summed E-state index contributed by atoms with van der Waals surface area (Å²) in [5, 5.41) is 0.758. The molecular weight excluding hydrogens is 356 g/mol. The molecule has 6 heteroatoms. The van der Waals surface area contributed by atoms with Crippen molar-refractivity contribution in [1.29, 1.82) is 0 Å². The van der Waals surface area contributed by atoms with Gasteiger partial charge in [-0.25, -0.2) is 8.42 Å². The Morgan fingerprint density at radius 2 is 1.44 bits per heavy atom. The van der Waals surface area contributed by atoms with Crippen LogP contribution in [0, 0.1) is 0 Å². The summed E-state index contributed by atoms with van der Waals surface area (Å²) >= 11 is 5.92. The smallest absolute Gasteiger partial charge is 0.179 e. The summed E-state index contributed by atoms with van der Waals surface area (Å²) in [4.78, 5) is 5.04. The average Bonchev–Trinajstić information content (AvgIpc) is 2.64. The van der Waals surface area contributed by atoms with Gasteiger partial charge in [0.2, 0.25) is 0 Å². The summed E-state index contributed by atoms with van der Waals surface area (Å²) in [5.74, 6) is 0.175. The maximum atomic E-state index is 12.4. The van der Waals surface area contributed by atoms with Crippen LogP contribution in [0.25, 0.3) is 0 Å². The number of piperazine rings is 1. The second-order valence-corrected chi connectivity index (χ2v) is 8.92. The summed E-state index contributed by atoms with van der Waals surface area (Å²) in [6.07, 6.45) is 0. The first-order valence-corrected chi connectivity index (χ1v) is 10.5. The molecule has 1 fully saturated rings. The molecule has 1 saturated heterocycles. The quantitative estimate of drug-likeness (QED) is 0.775. The zero-order chi connectivity index (χ0) is 17.7. The van der Waals surface area contributed by atoms with Crippen LogP contribution >= 0.6 is 11.6 Å². The minimum Gasteiger partial charge on any atom is -0.300 e. The normalized spacial score (nSPS) is 16.8. The van der Waals surface area contributed by atoms with Crippen LogP contribution in [0.1, 0.15) is 5.56 Å². The summed E-state index contributed by atoms with van der Waals surface area (Å²) in [5.41, 5.74) is 1.25. The van der Waals surface area contributed by atoms with Crippen LogP contribution in [0.5, 0.6) is 0 Å². The highest BCUT2D eigenvalue weighted by molar-refractivity contribution is 7.91. The van der Waals surface area contributed by atoms with Gasteiger partial charge in [-0.2, -0.15) is 0 Å². The van der Waals surface area contributed by atoms with E-state index in [1.54, 1.807) is 24.3 Å². The first-order chi connectivity index (χ1) is 12.0. The fourth-order valence-electron chi connectivity index (χ4n) is 3.01. The second-order valence-electron chi connectivity index (χ2n) is 6.38. The Balaban J connectivity index is 1.46. The van der Waals surface area contributed by atoms with E-state index in [0.29, 0.717) is 11.4 Å². The Bertz CT molecular complexity index is 771. The van der Waals surface area contributed by atoms with Crippen LogP contribution in [-0.2, 0) is 16.4 Å². The molecular formula is C19H23ClN2O2S. The number of nitrogens with zero attached hydrogens (tertiary/aromatic N) is 2. The van der Waals surface area contributed by atoms with E-state index in [2.05, 4.69) is 21.9 Å². The lowest BCUT2D eigenvalue weighted by molar-refractivity contribution is 0.132. The van der Waals surface area contributed by atoms with E-state index >= 15 is 0 Å². The molecule has 0 aliphatic carbocycles. The standard InChI is InChI=1S/C19H23ClN2O2S/c20-18-8-6-17(7-9-18)16-22-12-10-21(11-13-22)14-15-25(23,24)19-4-2-1-3-5-19/h1-9H,10-16H2. The van der Waals surface area contributed by atoms with Crippen molar-refractivity contribution in [2.45, 2.75) is 11.4 Å². The van der Waals surface area contributed by atoms with E-state index in [0.717, 1.165) is 37.7 Å². The summed E-state index contributed by atoms with van der Waals surface area (Å²) in [6, 6.07) is 16.6. The predicted molar refractivity (Wildman–Crippen MR) is 102 cm³/mol. The van der Waals surface area contributed by atoms with Crippen molar-refractivity contribution in [3.63, 3.8) is 0 Å². The third-order valence-electron chi connectivity index (χ3n) is 4.56. The van der Waals surface area contributed by atoms with E-state index in [1.165, 1.54) is 5.56 Å². The molecule has 0 spiro atoms. The fourth-order valence-corrected chi connectivity index (χ4v) is 4.45. The molecule has 2 aromatic rings. The Morgan fingerprint density at radius 3 is 2.08 bits per heavy atom. The van der Waals surface area contributed by atoms with Crippen molar-refractivity contribution in [2.75, 3.05) is 38.5 Å². The van der Waals surface area contributed by atoms with E-state index in [9.17, 15) is 8.42 Å². The zero-order valence-corrected chi connectivity index (χ0v) is 15.7. The maximum Gasteiger partial charge on any atom is 0.179 e. The van der Waals surface area contributed by atoms with Gasteiger partial charge in [0.15, 0.2) is 9.84 Å². The molecule has 0 amide bonds. The van der Waals surface area contributed by atoms with Gasteiger partial charge in [0.25, 0.3) is 0 Å².